The molecule has 0 unspecified atom stereocenters. The summed E-state index contributed by atoms with van der Waals surface area (Å²) in [6.07, 6.45) is 2.73. The third kappa shape index (κ3) is 4.30. The van der Waals surface area contributed by atoms with E-state index < -0.39 is 0 Å². The van der Waals surface area contributed by atoms with Gasteiger partial charge < -0.3 is 15.4 Å². The van der Waals surface area contributed by atoms with Crippen LogP contribution in [0.3, 0.4) is 0 Å². The van der Waals surface area contributed by atoms with E-state index in [1.165, 1.54) is 0 Å². The molecule has 0 bridgehead atoms. The van der Waals surface area contributed by atoms with E-state index in [0.29, 0.717) is 19.7 Å². The highest BCUT2D eigenvalue weighted by Gasteiger charge is 2.06. The average molecular weight is 352 g/mol. The van der Waals surface area contributed by atoms with Gasteiger partial charge in [-0.05, 0) is 25.1 Å². The number of fused-ring (bicyclic) bond motifs is 1. The van der Waals surface area contributed by atoms with E-state index in [1.54, 1.807) is 7.05 Å². The van der Waals surface area contributed by atoms with Crippen molar-refractivity contribution in [2.75, 3.05) is 20.2 Å². The molecular formula is C19H24N6O. The molecule has 2 heterocycles. The van der Waals surface area contributed by atoms with Gasteiger partial charge in [-0.15, -0.1) is 10.2 Å². The number of hydrogen-bond acceptors (Lipinski definition) is 4. The Kier molecular flexibility index (Phi) is 6.03. The van der Waals surface area contributed by atoms with Crippen molar-refractivity contribution in [2.45, 2.75) is 19.9 Å². The van der Waals surface area contributed by atoms with Crippen LogP contribution in [-0.4, -0.2) is 40.8 Å². The summed E-state index contributed by atoms with van der Waals surface area (Å²) in [6.45, 7) is 3.99. The molecule has 0 fully saturated rings. The molecule has 0 spiro atoms. The fourth-order valence-electron chi connectivity index (χ4n) is 2.70. The molecular weight excluding hydrogens is 328 g/mol. The summed E-state index contributed by atoms with van der Waals surface area (Å²) in [5.41, 5.74) is 1.96. The number of para-hydroxylation sites is 1. The molecule has 0 aliphatic heterocycles. The first kappa shape index (κ1) is 17.7. The molecule has 26 heavy (non-hydrogen) atoms. The van der Waals surface area contributed by atoms with E-state index in [-0.39, 0.29) is 0 Å². The van der Waals surface area contributed by atoms with Crippen molar-refractivity contribution in [3.63, 3.8) is 0 Å². The maximum absolute atomic E-state index is 5.66. The molecule has 0 amide bonds. The Morgan fingerprint density at radius 3 is 2.81 bits per heavy atom. The number of nitrogens with zero attached hydrogens (tertiary/aromatic N) is 4. The first-order valence-corrected chi connectivity index (χ1v) is 8.75. The highest BCUT2D eigenvalue weighted by atomic mass is 16.5. The van der Waals surface area contributed by atoms with Crippen LogP contribution in [0.4, 0.5) is 0 Å². The Morgan fingerprint density at radius 1 is 1.12 bits per heavy atom. The summed E-state index contributed by atoms with van der Waals surface area (Å²) < 4.78 is 7.65. The minimum atomic E-state index is 0.643. The lowest BCUT2D eigenvalue weighted by Gasteiger charge is -2.14. The maximum Gasteiger partial charge on any atom is 0.191 e. The van der Waals surface area contributed by atoms with E-state index in [0.717, 1.165) is 35.2 Å². The molecule has 0 saturated heterocycles. The third-order valence-corrected chi connectivity index (χ3v) is 3.97. The van der Waals surface area contributed by atoms with Crippen molar-refractivity contribution < 1.29 is 4.74 Å². The summed E-state index contributed by atoms with van der Waals surface area (Å²) in [4.78, 5) is 4.27. The van der Waals surface area contributed by atoms with E-state index in [9.17, 15) is 0 Å². The van der Waals surface area contributed by atoms with Crippen LogP contribution in [0.5, 0.6) is 5.75 Å². The summed E-state index contributed by atoms with van der Waals surface area (Å²) >= 11 is 0. The number of guanidine groups is 1. The van der Waals surface area contributed by atoms with Gasteiger partial charge >= 0.3 is 0 Å². The van der Waals surface area contributed by atoms with Crippen molar-refractivity contribution >= 4 is 11.6 Å². The largest absolute Gasteiger partial charge is 0.494 e. The van der Waals surface area contributed by atoms with Crippen molar-refractivity contribution in [2.24, 2.45) is 4.99 Å². The number of aromatic nitrogens is 3. The summed E-state index contributed by atoms with van der Waals surface area (Å²) in [5.74, 6) is 2.56. The smallest absolute Gasteiger partial charge is 0.191 e. The Labute approximate surface area is 153 Å². The summed E-state index contributed by atoms with van der Waals surface area (Å²) in [6, 6.07) is 13.9. The van der Waals surface area contributed by atoms with Crippen molar-refractivity contribution in [1.82, 2.24) is 25.2 Å². The number of rotatable bonds is 7. The van der Waals surface area contributed by atoms with Crippen LogP contribution in [0.2, 0.25) is 0 Å². The fourth-order valence-corrected chi connectivity index (χ4v) is 2.70. The zero-order chi connectivity index (χ0) is 18.2. The van der Waals surface area contributed by atoms with Crippen LogP contribution >= 0.6 is 0 Å². The molecule has 0 aliphatic carbocycles. The van der Waals surface area contributed by atoms with Crippen LogP contribution in [0.15, 0.2) is 53.7 Å². The molecule has 7 nitrogen and oxygen atoms in total. The van der Waals surface area contributed by atoms with Gasteiger partial charge in [0.1, 0.15) is 11.6 Å². The molecule has 0 radical (unpaired) electrons. The van der Waals surface area contributed by atoms with Gasteiger partial charge in [-0.25, -0.2) is 0 Å². The number of pyridine rings is 1. The summed E-state index contributed by atoms with van der Waals surface area (Å²) in [5, 5.41) is 15.0. The number of hydrogen-bond donors (Lipinski definition) is 2. The monoisotopic (exact) mass is 352 g/mol. The SMILES string of the molecule is CCOc1ccccc1CNC(=NC)NCCc1nnc2ccccn12. The van der Waals surface area contributed by atoms with Crippen LogP contribution in [0.25, 0.3) is 5.65 Å². The normalized spacial score (nSPS) is 11.5. The van der Waals surface area contributed by atoms with E-state index in [1.807, 2.05) is 60.0 Å². The molecule has 136 valence electrons. The number of nitrogens with one attached hydrogen (secondary N) is 2. The first-order chi connectivity index (χ1) is 12.8. The predicted octanol–water partition coefficient (Wildman–Crippen LogP) is 2.04. The Morgan fingerprint density at radius 2 is 1.96 bits per heavy atom. The van der Waals surface area contributed by atoms with Gasteiger partial charge in [0.05, 0.1) is 6.61 Å². The first-order valence-electron chi connectivity index (χ1n) is 8.75. The Hall–Kier alpha value is -3.09. The molecule has 0 aliphatic rings. The zero-order valence-corrected chi connectivity index (χ0v) is 15.1. The van der Waals surface area contributed by atoms with Crippen molar-refractivity contribution in [3.05, 3.63) is 60.0 Å². The topological polar surface area (TPSA) is 75.8 Å². The minimum Gasteiger partial charge on any atom is -0.494 e. The number of aliphatic imine (C=N–C) groups is 1. The molecule has 1 aromatic carbocycles. The number of ether oxygens (including phenoxy) is 1. The highest BCUT2D eigenvalue weighted by molar-refractivity contribution is 5.79. The second-order valence-electron chi connectivity index (χ2n) is 5.69. The lowest BCUT2D eigenvalue weighted by Crippen LogP contribution is -2.38. The fraction of sp³-hybridized carbons (Fsp3) is 0.316. The van der Waals surface area contributed by atoms with Gasteiger partial charge in [0.25, 0.3) is 0 Å². The highest BCUT2D eigenvalue weighted by Crippen LogP contribution is 2.17. The van der Waals surface area contributed by atoms with Crippen LogP contribution in [0, 0.1) is 0 Å². The Bertz CT molecular complexity index is 873. The Balaban J connectivity index is 1.52. The quantitative estimate of drug-likeness (QED) is 0.503. The van der Waals surface area contributed by atoms with Gasteiger partial charge in [0.15, 0.2) is 11.6 Å². The van der Waals surface area contributed by atoms with E-state index >= 15 is 0 Å². The van der Waals surface area contributed by atoms with Crippen LogP contribution in [0.1, 0.15) is 18.3 Å². The van der Waals surface area contributed by atoms with Gasteiger partial charge in [-0.2, -0.15) is 0 Å². The predicted molar refractivity (Wildman–Crippen MR) is 103 cm³/mol. The second-order valence-corrected chi connectivity index (χ2v) is 5.69. The molecule has 3 aromatic rings. The lowest BCUT2D eigenvalue weighted by atomic mass is 10.2. The molecule has 2 N–H and O–H groups in total. The van der Waals surface area contributed by atoms with Gasteiger partial charge in [-0.1, -0.05) is 24.3 Å². The maximum atomic E-state index is 5.66. The second kappa shape index (κ2) is 8.84. The number of benzene rings is 1. The third-order valence-electron chi connectivity index (χ3n) is 3.97. The molecule has 2 aromatic heterocycles. The van der Waals surface area contributed by atoms with Crippen LogP contribution in [-0.2, 0) is 13.0 Å². The van der Waals surface area contributed by atoms with Crippen molar-refractivity contribution in [1.29, 1.82) is 0 Å². The lowest BCUT2D eigenvalue weighted by molar-refractivity contribution is 0.336. The van der Waals surface area contributed by atoms with Gasteiger partial charge in [0, 0.05) is 38.3 Å². The minimum absolute atomic E-state index is 0.643. The van der Waals surface area contributed by atoms with E-state index in [2.05, 4.69) is 25.8 Å². The van der Waals surface area contributed by atoms with Crippen molar-refractivity contribution in [3.8, 4) is 5.75 Å². The summed E-state index contributed by atoms with van der Waals surface area (Å²) in [7, 11) is 1.76. The van der Waals surface area contributed by atoms with Gasteiger partial charge in [-0.3, -0.25) is 9.39 Å². The van der Waals surface area contributed by atoms with Crippen LogP contribution < -0.4 is 15.4 Å². The molecule has 0 atom stereocenters. The van der Waals surface area contributed by atoms with Gasteiger partial charge in [0.2, 0.25) is 0 Å². The standard InChI is InChI=1S/C19H24N6O/c1-3-26-16-9-5-4-8-15(16)14-22-19(20-2)21-12-11-18-24-23-17-10-6-7-13-25(17)18/h4-10,13H,3,11-12,14H2,1-2H3,(H2,20,21,22). The molecule has 3 rings (SSSR count). The molecule has 0 saturated carbocycles. The average Bonchev–Trinajstić information content (AvgIpc) is 3.09. The van der Waals surface area contributed by atoms with E-state index in [4.69, 9.17) is 4.74 Å². The zero-order valence-electron chi connectivity index (χ0n) is 15.1. The molecule has 7 heteroatoms.